The van der Waals surface area contributed by atoms with Crippen LogP contribution in [0, 0.1) is 19.8 Å². The average molecular weight is 317 g/mol. The number of thiophene rings is 1. The van der Waals surface area contributed by atoms with Crippen LogP contribution >= 0.6 is 11.3 Å². The van der Waals surface area contributed by atoms with Crippen molar-refractivity contribution in [2.45, 2.75) is 43.9 Å². The van der Waals surface area contributed by atoms with Gasteiger partial charge in [-0.2, -0.15) is 4.31 Å². The molecule has 1 aliphatic rings. The van der Waals surface area contributed by atoms with Crippen LogP contribution < -0.4 is 0 Å². The summed E-state index contributed by atoms with van der Waals surface area (Å²) in [5, 5.41) is 9.20. The molecule has 5 nitrogen and oxygen atoms in total. The minimum atomic E-state index is -3.60. The fourth-order valence-electron chi connectivity index (χ4n) is 2.76. The molecule has 0 bridgehead atoms. The van der Waals surface area contributed by atoms with Gasteiger partial charge in [0.1, 0.15) is 4.21 Å². The van der Waals surface area contributed by atoms with Crippen molar-refractivity contribution in [3.05, 3.63) is 16.5 Å². The van der Waals surface area contributed by atoms with Crippen molar-refractivity contribution < 1.29 is 18.3 Å². The Bertz CT molecular complexity index is 620. The zero-order valence-electron chi connectivity index (χ0n) is 11.8. The van der Waals surface area contributed by atoms with E-state index >= 15 is 0 Å². The third-order valence-electron chi connectivity index (χ3n) is 3.79. The van der Waals surface area contributed by atoms with E-state index < -0.39 is 28.0 Å². The predicted molar refractivity (Wildman–Crippen MR) is 77.5 cm³/mol. The van der Waals surface area contributed by atoms with Crippen LogP contribution in [0.2, 0.25) is 0 Å². The van der Waals surface area contributed by atoms with E-state index in [9.17, 15) is 18.3 Å². The van der Waals surface area contributed by atoms with E-state index in [1.54, 1.807) is 13.8 Å². The fourth-order valence-corrected chi connectivity index (χ4v) is 6.25. The SMILES string of the molecule is Cc1cc(C)c(S(=O)(=O)N2CCC[C@@H](C(=O)O)[C@H]2C)s1. The first-order valence-electron chi connectivity index (χ1n) is 6.57. The lowest BCUT2D eigenvalue weighted by Gasteiger charge is -2.36. The van der Waals surface area contributed by atoms with Crippen LogP contribution in [-0.4, -0.2) is 36.4 Å². The van der Waals surface area contributed by atoms with Gasteiger partial charge in [-0.15, -0.1) is 11.3 Å². The molecule has 1 aromatic heterocycles. The number of carboxylic acid groups (broad SMARTS) is 1. The quantitative estimate of drug-likeness (QED) is 0.927. The number of hydrogen-bond acceptors (Lipinski definition) is 4. The van der Waals surface area contributed by atoms with Crippen molar-refractivity contribution in [2.75, 3.05) is 6.54 Å². The molecule has 1 N–H and O–H groups in total. The maximum absolute atomic E-state index is 12.7. The molecule has 0 unspecified atom stereocenters. The lowest BCUT2D eigenvalue weighted by atomic mass is 9.92. The number of aryl methyl sites for hydroxylation is 2. The molecule has 2 heterocycles. The lowest BCUT2D eigenvalue weighted by Crippen LogP contribution is -2.48. The number of aliphatic carboxylic acids is 1. The monoisotopic (exact) mass is 317 g/mol. The molecular formula is C13H19NO4S2. The first-order chi connectivity index (χ1) is 9.25. The van der Waals surface area contributed by atoms with E-state index in [4.69, 9.17) is 0 Å². The van der Waals surface area contributed by atoms with Crippen LogP contribution in [0.5, 0.6) is 0 Å². The van der Waals surface area contributed by atoms with Crippen molar-refractivity contribution in [3.63, 3.8) is 0 Å². The van der Waals surface area contributed by atoms with Crippen molar-refractivity contribution in [1.82, 2.24) is 4.31 Å². The van der Waals surface area contributed by atoms with Crippen molar-refractivity contribution in [2.24, 2.45) is 5.92 Å². The Balaban J connectivity index is 2.39. The Morgan fingerprint density at radius 1 is 1.45 bits per heavy atom. The number of hydrogen-bond donors (Lipinski definition) is 1. The second-order valence-corrected chi connectivity index (χ2v) is 8.61. The number of rotatable bonds is 3. The maximum atomic E-state index is 12.7. The van der Waals surface area contributed by atoms with Crippen molar-refractivity contribution >= 4 is 27.3 Å². The Kier molecular flexibility index (Phi) is 4.22. The van der Waals surface area contributed by atoms with E-state index in [1.807, 2.05) is 13.0 Å². The summed E-state index contributed by atoms with van der Waals surface area (Å²) in [4.78, 5) is 12.2. The summed E-state index contributed by atoms with van der Waals surface area (Å²) in [6.45, 7) is 5.73. The second-order valence-electron chi connectivity index (χ2n) is 5.27. The molecule has 1 aliphatic heterocycles. The summed E-state index contributed by atoms with van der Waals surface area (Å²) < 4.78 is 27.2. The fraction of sp³-hybridized carbons (Fsp3) is 0.615. The van der Waals surface area contributed by atoms with Gasteiger partial charge in [0.25, 0.3) is 10.0 Å². The number of carbonyl (C=O) groups is 1. The first-order valence-corrected chi connectivity index (χ1v) is 8.82. The summed E-state index contributed by atoms with van der Waals surface area (Å²) in [6, 6.07) is 1.34. The van der Waals surface area contributed by atoms with Crippen LogP contribution in [-0.2, 0) is 14.8 Å². The first kappa shape index (κ1) is 15.5. The predicted octanol–water partition coefficient (Wildman–Crippen LogP) is 2.24. The highest BCUT2D eigenvalue weighted by atomic mass is 32.2. The van der Waals surface area contributed by atoms with Crippen LogP contribution in [0.4, 0.5) is 0 Å². The van der Waals surface area contributed by atoms with E-state index in [-0.39, 0.29) is 0 Å². The van der Waals surface area contributed by atoms with Crippen LogP contribution in [0.3, 0.4) is 0 Å². The van der Waals surface area contributed by atoms with Crippen molar-refractivity contribution in [3.8, 4) is 0 Å². The molecular weight excluding hydrogens is 298 g/mol. The molecule has 0 spiro atoms. The van der Waals surface area contributed by atoms with Crippen LogP contribution in [0.15, 0.2) is 10.3 Å². The van der Waals surface area contributed by atoms with E-state index in [0.29, 0.717) is 23.6 Å². The Morgan fingerprint density at radius 2 is 2.10 bits per heavy atom. The molecule has 1 aromatic rings. The molecule has 20 heavy (non-hydrogen) atoms. The van der Waals surface area contributed by atoms with Gasteiger partial charge in [0.2, 0.25) is 0 Å². The van der Waals surface area contributed by atoms with Gasteiger partial charge >= 0.3 is 5.97 Å². The minimum Gasteiger partial charge on any atom is -0.481 e. The highest BCUT2D eigenvalue weighted by Crippen LogP contribution is 2.34. The number of piperidine rings is 1. The number of nitrogens with zero attached hydrogens (tertiary/aromatic N) is 1. The van der Waals surface area contributed by atoms with E-state index in [2.05, 4.69) is 0 Å². The maximum Gasteiger partial charge on any atom is 0.308 e. The molecule has 2 rings (SSSR count). The zero-order chi connectivity index (χ0) is 15.1. The van der Waals surface area contributed by atoms with Crippen LogP contribution in [0.1, 0.15) is 30.2 Å². The number of carboxylic acids is 1. The summed E-state index contributed by atoms with van der Waals surface area (Å²) in [5.41, 5.74) is 0.733. The minimum absolute atomic E-state index is 0.341. The standard InChI is InChI=1S/C13H19NO4S2/c1-8-7-9(2)19-13(8)20(17,18)14-6-4-5-11(10(14)3)12(15)16/h7,10-11H,4-6H2,1-3H3,(H,15,16)/t10-,11-/m1/s1. The molecule has 0 aromatic carbocycles. The lowest BCUT2D eigenvalue weighted by molar-refractivity contribution is -0.144. The topological polar surface area (TPSA) is 74.7 Å². The van der Waals surface area contributed by atoms with Crippen molar-refractivity contribution in [1.29, 1.82) is 0 Å². The second kappa shape index (κ2) is 5.46. The van der Waals surface area contributed by atoms with Crippen LogP contribution in [0.25, 0.3) is 0 Å². The normalized spacial score (nSPS) is 24.8. The summed E-state index contributed by atoms with van der Waals surface area (Å²) in [6.07, 6.45) is 1.12. The van der Waals surface area contributed by atoms with E-state index in [1.165, 1.54) is 15.6 Å². The third kappa shape index (κ3) is 2.62. The van der Waals surface area contributed by atoms with Gasteiger partial charge < -0.3 is 5.11 Å². The molecule has 7 heteroatoms. The third-order valence-corrected chi connectivity index (χ3v) is 7.54. The van der Waals surface area contributed by atoms with Gasteiger partial charge in [0, 0.05) is 17.5 Å². The summed E-state index contributed by atoms with van der Waals surface area (Å²) in [7, 11) is -3.60. The van der Waals surface area contributed by atoms with Gasteiger partial charge in [-0.3, -0.25) is 4.79 Å². The molecule has 0 radical (unpaired) electrons. The van der Waals surface area contributed by atoms with Gasteiger partial charge in [0.05, 0.1) is 5.92 Å². The Morgan fingerprint density at radius 3 is 2.60 bits per heavy atom. The van der Waals surface area contributed by atoms with Gasteiger partial charge in [-0.25, -0.2) is 8.42 Å². The van der Waals surface area contributed by atoms with Gasteiger partial charge in [-0.05, 0) is 45.2 Å². The largest absolute Gasteiger partial charge is 0.481 e. The Labute approximate surface area is 123 Å². The molecule has 1 fully saturated rings. The zero-order valence-corrected chi connectivity index (χ0v) is 13.4. The number of sulfonamides is 1. The summed E-state index contributed by atoms with van der Waals surface area (Å²) in [5.74, 6) is -1.55. The Hall–Kier alpha value is -0.920. The molecule has 0 saturated carbocycles. The molecule has 0 aliphatic carbocycles. The smallest absolute Gasteiger partial charge is 0.308 e. The molecule has 112 valence electrons. The molecule has 2 atom stereocenters. The highest BCUT2D eigenvalue weighted by molar-refractivity contribution is 7.91. The summed E-state index contributed by atoms with van der Waals surface area (Å²) >= 11 is 1.25. The molecule has 0 amide bonds. The molecule has 1 saturated heterocycles. The van der Waals surface area contributed by atoms with E-state index in [0.717, 1.165) is 10.4 Å². The highest BCUT2D eigenvalue weighted by Gasteiger charge is 2.40. The van der Waals surface area contributed by atoms with Gasteiger partial charge in [-0.1, -0.05) is 0 Å². The average Bonchev–Trinajstić information content (AvgIpc) is 2.68. The van der Waals surface area contributed by atoms with Gasteiger partial charge in [0.15, 0.2) is 0 Å².